The third-order valence-corrected chi connectivity index (χ3v) is 5.01. The standard InChI is InChI=1S/C12H17ClN2O4S/c1-2-3-8-15(9-12(16)14-17)20(18,19)11-7-5-4-6-10(11)13/h4-7,17H,2-3,8-9H2,1H3,(H,14,16). The van der Waals surface area contributed by atoms with Crippen LogP contribution in [0.2, 0.25) is 5.02 Å². The lowest BCUT2D eigenvalue weighted by atomic mass is 10.3. The maximum absolute atomic E-state index is 12.5. The van der Waals surface area contributed by atoms with E-state index in [4.69, 9.17) is 16.8 Å². The van der Waals surface area contributed by atoms with Gasteiger partial charge in [0.05, 0.1) is 11.6 Å². The van der Waals surface area contributed by atoms with Gasteiger partial charge in [0.2, 0.25) is 10.0 Å². The fraction of sp³-hybridized carbons (Fsp3) is 0.417. The van der Waals surface area contributed by atoms with Crippen LogP contribution in [0, 0.1) is 0 Å². The third-order valence-electron chi connectivity index (χ3n) is 2.66. The van der Waals surface area contributed by atoms with E-state index < -0.39 is 22.5 Å². The van der Waals surface area contributed by atoms with Crippen LogP contribution in [-0.4, -0.2) is 36.9 Å². The van der Waals surface area contributed by atoms with Gasteiger partial charge in [-0.2, -0.15) is 4.31 Å². The molecule has 0 fully saturated rings. The molecule has 0 spiro atoms. The van der Waals surface area contributed by atoms with Gasteiger partial charge < -0.3 is 0 Å². The second-order valence-electron chi connectivity index (χ2n) is 4.16. The predicted octanol–water partition coefficient (Wildman–Crippen LogP) is 1.64. The van der Waals surface area contributed by atoms with Crippen LogP contribution in [0.4, 0.5) is 0 Å². The first-order valence-corrected chi connectivity index (χ1v) is 7.93. The van der Waals surface area contributed by atoms with E-state index in [1.165, 1.54) is 17.6 Å². The number of nitrogens with zero attached hydrogens (tertiary/aromatic N) is 1. The Labute approximate surface area is 123 Å². The predicted molar refractivity (Wildman–Crippen MR) is 75.0 cm³/mol. The number of benzene rings is 1. The third kappa shape index (κ3) is 4.17. The summed E-state index contributed by atoms with van der Waals surface area (Å²) in [6, 6.07) is 6.03. The molecule has 0 aliphatic rings. The van der Waals surface area contributed by atoms with Crippen LogP contribution in [-0.2, 0) is 14.8 Å². The number of sulfonamides is 1. The molecule has 0 bridgehead atoms. The molecule has 112 valence electrons. The number of halogens is 1. The zero-order chi connectivity index (χ0) is 15.2. The molecule has 0 saturated carbocycles. The highest BCUT2D eigenvalue weighted by molar-refractivity contribution is 7.89. The van der Waals surface area contributed by atoms with E-state index >= 15 is 0 Å². The highest BCUT2D eigenvalue weighted by Crippen LogP contribution is 2.24. The van der Waals surface area contributed by atoms with Crippen LogP contribution in [0.3, 0.4) is 0 Å². The summed E-state index contributed by atoms with van der Waals surface area (Å²) in [4.78, 5) is 11.2. The topological polar surface area (TPSA) is 86.7 Å². The number of unbranched alkanes of at least 4 members (excludes halogenated alkanes) is 1. The van der Waals surface area contributed by atoms with Crippen molar-refractivity contribution >= 4 is 27.5 Å². The summed E-state index contributed by atoms with van der Waals surface area (Å²) in [6.45, 7) is 1.63. The Bertz CT molecular complexity index is 562. The van der Waals surface area contributed by atoms with E-state index in [0.717, 1.165) is 10.7 Å². The number of hydroxylamine groups is 1. The summed E-state index contributed by atoms with van der Waals surface area (Å²) < 4.78 is 26.0. The highest BCUT2D eigenvalue weighted by atomic mass is 35.5. The minimum atomic E-state index is -3.88. The Kier molecular flexibility index (Phi) is 6.41. The second kappa shape index (κ2) is 7.58. The van der Waals surface area contributed by atoms with Gasteiger partial charge in [0, 0.05) is 6.54 Å². The molecule has 1 rings (SSSR count). The monoisotopic (exact) mass is 320 g/mol. The zero-order valence-electron chi connectivity index (χ0n) is 11.0. The molecule has 0 aromatic heterocycles. The highest BCUT2D eigenvalue weighted by Gasteiger charge is 2.27. The fourth-order valence-electron chi connectivity index (χ4n) is 1.61. The van der Waals surface area contributed by atoms with Crippen molar-refractivity contribution < 1.29 is 18.4 Å². The molecular weight excluding hydrogens is 304 g/mol. The van der Waals surface area contributed by atoms with Crippen molar-refractivity contribution in [3.8, 4) is 0 Å². The van der Waals surface area contributed by atoms with E-state index in [1.807, 2.05) is 6.92 Å². The molecule has 0 aliphatic carbocycles. The maximum atomic E-state index is 12.5. The summed E-state index contributed by atoms with van der Waals surface area (Å²) >= 11 is 5.90. The van der Waals surface area contributed by atoms with Gasteiger partial charge in [-0.1, -0.05) is 37.1 Å². The van der Waals surface area contributed by atoms with Gasteiger partial charge in [0.15, 0.2) is 0 Å². The molecule has 1 aromatic rings. The second-order valence-corrected chi connectivity index (χ2v) is 6.47. The first kappa shape index (κ1) is 16.9. The molecule has 6 nitrogen and oxygen atoms in total. The van der Waals surface area contributed by atoms with Gasteiger partial charge in [-0.3, -0.25) is 10.0 Å². The van der Waals surface area contributed by atoms with E-state index in [0.29, 0.717) is 6.42 Å². The van der Waals surface area contributed by atoms with E-state index in [2.05, 4.69) is 0 Å². The van der Waals surface area contributed by atoms with Gasteiger partial charge in [-0.25, -0.2) is 13.9 Å². The SMILES string of the molecule is CCCCN(CC(=O)NO)S(=O)(=O)c1ccccc1Cl. The summed E-state index contributed by atoms with van der Waals surface area (Å²) in [6.07, 6.45) is 1.37. The first-order chi connectivity index (χ1) is 9.43. The largest absolute Gasteiger partial charge is 0.289 e. The average molecular weight is 321 g/mol. The minimum absolute atomic E-state index is 0.0523. The molecule has 0 radical (unpaired) electrons. The van der Waals surface area contributed by atoms with Crippen molar-refractivity contribution in [3.05, 3.63) is 29.3 Å². The Balaban J connectivity index is 3.10. The van der Waals surface area contributed by atoms with Gasteiger partial charge >= 0.3 is 0 Å². The number of rotatable bonds is 7. The lowest BCUT2D eigenvalue weighted by Crippen LogP contribution is -2.40. The minimum Gasteiger partial charge on any atom is -0.289 e. The molecule has 0 atom stereocenters. The van der Waals surface area contributed by atoms with Crippen molar-refractivity contribution in [2.45, 2.75) is 24.7 Å². The number of carbonyl (C=O) groups is 1. The molecule has 0 heterocycles. The van der Waals surface area contributed by atoms with E-state index in [-0.39, 0.29) is 16.5 Å². The van der Waals surface area contributed by atoms with Crippen LogP contribution in [0.15, 0.2) is 29.2 Å². The quantitative estimate of drug-likeness (QED) is 0.590. The summed E-state index contributed by atoms with van der Waals surface area (Å²) in [7, 11) is -3.88. The average Bonchev–Trinajstić information content (AvgIpc) is 2.43. The molecule has 0 unspecified atom stereocenters. The zero-order valence-corrected chi connectivity index (χ0v) is 12.6. The summed E-state index contributed by atoms with van der Waals surface area (Å²) in [5, 5.41) is 8.65. The molecule has 0 aliphatic heterocycles. The van der Waals surface area contributed by atoms with Crippen LogP contribution in [0.5, 0.6) is 0 Å². The van der Waals surface area contributed by atoms with Crippen molar-refractivity contribution in [2.24, 2.45) is 0 Å². The number of hydrogen-bond donors (Lipinski definition) is 2. The Morgan fingerprint density at radius 3 is 2.60 bits per heavy atom. The Morgan fingerprint density at radius 1 is 1.40 bits per heavy atom. The molecule has 2 N–H and O–H groups in total. The van der Waals surface area contributed by atoms with Crippen molar-refractivity contribution in [1.29, 1.82) is 0 Å². The maximum Gasteiger partial charge on any atom is 0.258 e. The molecule has 1 amide bonds. The molecule has 1 aromatic carbocycles. The Morgan fingerprint density at radius 2 is 2.05 bits per heavy atom. The fourth-order valence-corrected chi connectivity index (χ4v) is 3.54. The molecule has 8 heteroatoms. The number of hydrogen-bond acceptors (Lipinski definition) is 4. The van der Waals surface area contributed by atoms with Gasteiger partial charge in [0.25, 0.3) is 5.91 Å². The summed E-state index contributed by atoms with van der Waals surface area (Å²) in [5.74, 6) is -0.795. The number of amides is 1. The lowest BCUT2D eigenvalue weighted by molar-refractivity contribution is -0.129. The van der Waals surface area contributed by atoms with Crippen LogP contribution in [0.1, 0.15) is 19.8 Å². The van der Waals surface area contributed by atoms with Gasteiger partial charge in [-0.15, -0.1) is 0 Å². The van der Waals surface area contributed by atoms with Crippen LogP contribution in [0.25, 0.3) is 0 Å². The molecule has 20 heavy (non-hydrogen) atoms. The Hall–Kier alpha value is -1.15. The van der Waals surface area contributed by atoms with Crippen molar-refractivity contribution in [1.82, 2.24) is 9.79 Å². The van der Waals surface area contributed by atoms with Crippen LogP contribution < -0.4 is 5.48 Å². The first-order valence-electron chi connectivity index (χ1n) is 6.11. The lowest BCUT2D eigenvalue weighted by Gasteiger charge is -2.21. The molecular formula is C12H17ClN2O4S. The van der Waals surface area contributed by atoms with E-state index in [9.17, 15) is 13.2 Å². The number of carbonyl (C=O) groups excluding carboxylic acids is 1. The summed E-state index contributed by atoms with van der Waals surface area (Å²) in [5.41, 5.74) is 1.43. The van der Waals surface area contributed by atoms with Gasteiger partial charge in [-0.05, 0) is 18.6 Å². The van der Waals surface area contributed by atoms with Gasteiger partial charge in [0.1, 0.15) is 4.90 Å². The smallest absolute Gasteiger partial charge is 0.258 e. The normalized spacial score (nSPS) is 11.6. The van der Waals surface area contributed by atoms with Crippen LogP contribution >= 0.6 is 11.6 Å². The van der Waals surface area contributed by atoms with Crippen molar-refractivity contribution in [2.75, 3.05) is 13.1 Å². The number of nitrogens with one attached hydrogen (secondary N) is 1. The molecule has 0 saturated heterocycles. The van der Waals surface area contributed by atoms with E-state index in [1.54, 1.807) is 12.1 Å². The van der Waals surface area contributed by atoms with Crippen molar-refractivity contribution in [3.63, 3.8) is 0 Å².